The summed E-state index contributed by atoms with van der Waals surface area (Å²) >= 11 is 5.94. The fourth-order valence-corrected chi connectivity index (χ4v) is 2.23. The van der Waals surface area contributed by atoms with Gasteiger partial charge in [-0.15, -0.1) is 0 Å². The molecular weight excluding hydrogens is 219 g/mol. The summed E-state index contributed by atoms with van der Waals surface area (Å²) in [5.74, 6) is 0.559. The first-order valence-electron chi connectivity index (χ1n) is 4.31. The quantitative estimate of drug-likeness (QED) is 0.743. The van der Waals surface area contributed by atoms with E-state index in [4.69, 9.17) is 16.3 Å². The van der Waals surface area contributed by atoms with Crippen molar-refractivity contribution in [1.82, 2.24) is 0 Å². The molecule has 0 N–H and O–H groups in total. The molecule has 0 aromatic heterocycles. The molecule has 0 heterocycles. The molecule has 1 unspecified atom stereocenters. The van der Waals surface area contributed by atoms with E-state index < -0.39 is 0 Å². The molecule has 0 radical (unpaired) electrons. The van der Waals surface area contributed by atoms with Crippen LogP contribution in [0.3, 0.4) is 0 Å². The van der Waals surface area contributed by atoms with Gasteiger partial charge in [-0.3, -0.25) is 4.79 Å². The van der Waals surface area contributed by atoms with Gasteiger partial charge in [-0.25, -0.2) is 0 Å². The standard InChI is InChI=1S/C10H12ClO2P/c1-3-14-10(12)9-7(11)5-4-6-8(9)13-2/h4-6,14H,3H2,1-2H3. The second-order valence-corrected chi connectivity index (χ2v) is 4.60. The van der Waals surface area contributed by atoms with Gasteiger partial charge < -0.3 is 4.74 Å². The average Bonchev–Trinajstić information content (AvgIpc) is 2.17. The number of ether oxygens (including phenoxy) is 1. The third-order valence-corrected chi connectivity index (χ3v) is 3.00. The summed E-state index contributed by atoms with van der Waals surface area (Å²) in [7, 11) is 1.80. The summed E-state index contributed by atoms with van der Waals surface area (Å²) in [4.78, 5) is 11.7. The third kappa shape index (κ3) is 2.46. The summed E-state index contributed by atoms with van der Waals surface area (Å²) in [6, 6.07) is 5.23. The topological polar surface area (TPSA) is 26.3 Å². The Morgan fingerprint density at radius 3 is 2.86 bits per heavy atom. The van der Waals surface area contributed by atoms with Gasteiger partial charge in [0.25, 0.3) is 0 Å². The Bertz CT molecular complexity index is 339. The van der Waals surface area contributed by atoms with Crippen molar-refractivity contribution in [3.8, 4) is 5.75 Å². The van der Waals surface area contributed by atoms with Crippen molar-refractivity contribution in [2.75, 3.05) is 13.3 Å². The molecule has 1 atom stereocenters. The average molecular weight is 231 g/mol. The molecule has 0 saturated heterocycles. The van der Waals surface area contributed by atoms with Crippen molar-refractivity contribution in [2.45, 2.75) is 6.92 Å². The van der Waals surface area contributed by atoms with Gasteiger partial charge in [0.2, 0.25) is 0 Å². The van der Waals surface area contributed by atoms with Crippen molar-refractivity contribution in [3.05, 3.63) is 28.8 Å². The minimum Gasteiger partial charge on any atom is -0.496 e. The molecule has 4 heteroatoms. The molecule has 0 bridgehead atoms. The van der Waals surface area contributed by atoms with Gasteiger partial charge in [-0.2, -0.15) is 0 Å². The summed E-state index contributed by atoms with van der Waals surface area (Å²) in [5, 5.41) is 0.468. The number of carbonyl (C=O) groups excluding carboxylic acids is 1. The summed E-state index contributed by atoms with van der Waals surface area (Å²) in [6.45, 7) is 1.97. The van der Waals surface area contributed by atoms with E-state index in [1.54, 1.807) is 18.2 Å². The lowest BCUT2D eigenvalue weighted by Crippen LogP contribution is -1.98. The van der Waals surface area contributed by atoms with Crippen LogP contribution in [0.1, 0.15) is 17.3 Å². The number of carbonyl (C=O) groups is 1. The van der Waals surface area contributed by atoms with Crippen LogP contribution < -0.4 is 4.74 Å². The van der Waals surface area contributed by atoms with Crippen LogP contribution in [0.15, 0.2) is 18.2 Å². The zero-order valence-electron chi connectivity index (χ0n) is 8.13. The van der Waals surface area contributed by atoms with Gasteiger partial charge in [0.05, 0.1) is 17.7 Å². The van der Waals surface area contributed by atoms with Crippen LogP contribution in [0, 0.1) is 0 Å². The number of halogens is 1. The van der Waals surface area contributed by atoms with E-state index in [9.17, 15) is 4.79 Å². The van der Waals surface area contributed by atoms with E-state index in [2.05, 4.69) is 0 Å². The zero-order chi connectivity index (χ0) is 10.6. The van der Waals surface area contributed by atoms with Crippen molar-refractivity contribution in [3.63, 3.8) is 0 Å². The lowest BCUT2D eigenvalue weighted by Gasteiger charge is -2.08. The maximum absolute atomic E-state index is 11.7. The fraction of sp³-hybridized carbons (Fsp3) is 0.300. The minimum absolute atomic E-state index is 0.0648. The Kier molecular flexibility index (Phi) is 4.37. The highest BCUT2D eigenvalue weighted by atomic mass is 35.5. The van der Waals surface area contributed by atoms with Crippen molar-refractivity contribution >= 4 is 25.7 Å². The van der Waals surface area contributed by atoms with Gasteiger partial charge in [0.15, 0.2) is 5.52 Å². The van der Waals surface area contributed by atoms with E-state index in [0.29, 0.717) is 16.3 Å². The molecule has 0 amide bonds. The molecule has 1 aromatic carbocycles. The monoisotopic (exact) mass is 230 g/mol. The Hall–Kier alpha value is -0.590. The second kappa shape index (κ2) is 5.33. The van der Waals surface area contributed by atoms with Crippen molar-refractivity contribution in [1.29, 1.82) is 0 Å². The number of methoxy groups -OCH3 is 1. The molecule has 0 fully saturated rings. The Balaban J connectivity index is 3.10. The maximum Gasteiger partial charge on any atom is 0.186 e. The predicted octanol–water partition coefficient (Wildman–Crippen LogP) is 3.19. The van der Waals surface area contributed by atoms with Gasteiger partial charge in [0, 0.05) is 0 Å². The minimum atomic E-state index is 0.0648. The lowest BCUT2D eigenvalue weighted by molar-refractivity contribution is 0.108. The highest BCUT2D eigenvalue weighted by Gasteiger charge is 2.14. The highest BCUT2D eigenvalue weighted by Crippen LogP contribution is 2.31. The summed E-state index contributed by atoms with van der Waals surface area (Å²) in [6.07, 6.45) is 0.840. The van der Waals surface area contributed by atoms with Gasteiger partial charge in [0.1, 0.15) is 5.75 Å². The van der Waals surface area contributed by atoms with Crippen LogP contribution in [0.2, 0.25) is 5.02 Å². The van der Waals surface area contributed by atoms with Crippen molar-refractivity contribution in [2.24, 2.45) is 0 Å². The first-order valence-corrected chi connectivity index (χ1v) is 5.90. The molecule has 76 valence electrons. The Morgan fingerprint density at radius 1 is 1.57 bits per heavy atom. The first-order chi connectivity index (χ1) is 6.70. The maximum atomic E-state index is 11.7. The first kappa shape index (κ1) is 11.5. The van der Waals surface area contributed by atoms with Crippen LogP contribution in [0.25, 0.3) is 0 Å². The van der Waals surface area contributed by atoms with E-state index >= 15 is 0 Å². The number of rotatable bonds is 4. The van der Waals surface area contributed by atoms with E-state index in [1.807, 2.05) is 6.92 Å². The number of hydrogen-bond acceptors (Lipinski definition) is 2. The SMILES string of the molecule is CCPC(=O)c1c(Cl)cccc1OC. The molecule has 1 rings (SSSR count). The molecule has 2 nitrogen and oxygen atoms in total. The third-order valence-electron chi connectivity index (χ3n) is 1.76. The van der Waals surface area contributed by atoms with E-state index in [-0.39, 0.29) is 14.1 Å². The van der Waals surface area contributed by atoms with E-state index in [1.165, 1.54) is 7.11 Å². The molecule has 0 aliphatic heterocycles. The summed E-state index contributed by atoms with van der Waals surface area (Å²) in [5.41, 5.74) is 0.576. The zero-order valence-corrected chi connectivity index (χ0v) is 9.89. The predicted molar refractivity (Wildman–Crippen MR) is 61.2 cm³/mol. The van der Waals surface area contributed by atoms with Crippen molar-refractivity contribution < 1.29 is 9.53 Å². The van der Waals surface area contributed by atoms with Crippen LogP contribution in [-0.2, 0) is 0 Å². The summed E-state index contributed by atoms with van der Waals surface area (Å²) < 4.78 is 5.09. The molecule has 1 aromatic rings. The van der Waals surface area contributed by atoms with E-state index in [0.717, 1.165) is 6.16 Å². The second-order valence-electron chi connectivity index (χ2n) is 2.68. The molecule has 0 spiro atoms. The number of benzene rings is 1. The van der Waals surface area contributed by atoms with Gasteiger partial charge >= 0.3 is 0 Å². The van der Waals surface area contributed by atoms with Crippen LogP contribution in [0.4, 0.5) is 0 Å². The van der Waals surface area contributed by atoms with Crippen LogP contribution in [0.5, 0.6) is 5.75 Å². The highest BCUT2D eigenvalue weighted by molar-refractivity contribution is 7.58. The number of hydrogen-bond donors (Lipinski definition) is 0. The molecule has 0 saturated carbocycles. The largest absolute Gasteiger partial charge is 0.496 e. The lowest BCUT2D eigenvalue weighted by atomic mass is 10.2. The Labute approximate surface area is 90.4 Å². The van der Waals surface area contributed by atoms with Gasteiger partial charge in [-0.05, 0) is 26.9 Å². The normalized spacial score (nSPS) is 10.8. The smallest absolute Gasteiger partial charge is 0.186 e. The molecule has 0 aliphatic rings. The van der Waals surface area contributed by atoms with Crippen LogP contribution >= 0.6 is 20.2 Å². The fourth-order valence-electron chi connectivity index (χ4n) is 1.14. The molecule has 14 heavy (non-hydrogen) atoms. The molecule has 0 aliphatic carbocycles. The van der Waals surface area contributed by atoms with Gasteiger partial charge in [-0.1, -0.05) is 24.6 Å². The molecular formula is C10H12ClO2P. The Morgan fingerprint density at radius 2 is 2.29 bits per heavy atom. The van der Waals surface area contributed by atoms with Crippen LogP contribution in [-0.4, -0.2) is 18.8 Å².